The molecule has 0 saturated carbocycles. The van der Waals surface area contributed by atoms with Crippen molar-refractivity contribution < 1.29 is 13.2 Å². The number of amides is 1. The number of piperidine rings is 1. The number of hydrogen-bond acceptors (Lipinski definition) is 5. The number of rotatable bonds is 7. The first-order valence-corrected chi connectivity index (χ1v) is 12.3. The number of nitrogens with one attached hydrogen (secondary N) is 1. The molecule has 168 valence electrons. The van der Waals surface area contributed by atoms with E-state index in [9.17, 15) is 18.5 Å². The van der Waals surface area contributed by atoms with Gasteiger partial charge in [0.2, 0.25) is 15.9 Å². The predicted octanol–water partition coefficient (Wildman–Crippen LogP) is 2.29. The normalized spacial score (nSPS) is 17.2. The highest BCUT2D eigenvalue weighted by molar-refractivity contribution is 7.89. The van der Waals surface area contributed by atoms with Crippen LogP contribution in [0.1, 0.15) is 43.0 Å². The van der Waals surface area contributed by atoms with Crippen LogP contribution in [0.2, 0.25) is 0 Å². The third kappa shape index (κ3) is 4.76. The molecule has 1 atom stereocenters. The molecule has 0 aliphatic carbocycles. The maximum absolute atomic E-state index is 13.3. The predicted molar refractivity (Wildman–Crippen MR) is 121 cm³/mol. The van der Waals surface area contributed by atoms with Gasteiger partial charge >= 0.3 is 0 Å². The van der Waals surface area contributed by atoms with Crippen LogP contribution in [-0.2, 0) is 27.9 Å². The molecule has 0 spiro atoms. The van der Waals surface area contributed by atoms with Crippen molar-refractivity contribution in [3.05, 3.63) is 53.3 Å². The molecule has 0 radical (unpaired) electrons. The van der Waals surface area contributed by atoms with E-state index in [4.69, 9.17) is 0 Å². The number of hydrogen-bond donors (Lipinski definition) is 1. The molecular weight excluding hydrogens is 426 g/mol. The SMILES string of the molecule is CC1CCN(C(=O)C(CCn2cccc2C#N)NS(=O)(=O)c2ccc3c(c2)CN=C3)CC1. The van der Waals surface area contributed by atoms with Crippen LogP contribution in [0.25, 0.3) is 0 Å². The number of aromatic nitrogens is 1. The second kappa shape index (κ2) is 9.27. The van der Waals surface area contributed by atoms with E-state index in [1.807, 2.05) is 0 Å². The summed E-state index contributed by atoms with van der Waals surface area (Å²) in [5.41, 5.74) is 2.24. The van der Waals surface area contributed by atoms with Gasteiger partial charge in [-0.15, -0.1) is 0 Å². The van der Waals surface area contributed by atoms with Crippen molar-refractivity contribution >= 4 is 22.1 Å². The monoisotopic (exact) mass is 453 g/mol. The van der Waals surface area contributed by atoms with Crippen molar-refractivity contribution in [1.82, 2.24) is 14.2 Å². The summed E-state index contributed by atoms with van der Waals surface area (Å²) in [4.78, 5) is 19.4. The van der Waals surface area contributed by atoms with Gasteiger partial charge in [-0.25, -0.2) is 8.42 Å². The molecule has 0 bridgehead atoms. The lowest BCUT2D eigenvalue weighted by atomic mass is 9.98. The standard InChI is InChI=1S/C23H27N5O3S/c1-17-6-10-28(11-7-17)23(29)22(8-12-27-9-2-3-20(27)14-24)26-32(30,31)21-5-4-18-15-25-16-19(18)13-21/h2-5,9,13,15,17,22,26H,6-8,10-12,16H2,1H3. The molecule has 4 rings (SSSR count). The van der Waals surface area contributed by atoms with Crippen molar-refractivity contribution in [2.75, 3.05) is 13.1 Å². The van der Waals surface area contributed by atoms with Crippen molar-refractivity contribution in [3.63, 3.8) is 0 Å². The Morgan fingerprint density at radius 1 is 1.31 bits per heavy atom. The van der Waals surface area contributed by atoms with E-state index in [1.165, 1.54) is 0 Å². The number of carbonyl (C=O) groups is 1. The maximum Gasteiger partial charge on any atom is 0.241 e. The van der Waals surface area contributed by atoms with E-state index in [-0.39, 0.29) is 17.2 Å². The van der Waals surface area contributed by atoms with E-state index >= 15 is 0 Å². The zero-order valence-electron chi connectivity index (χ0n) is 18.1. The smallest absolute Gasteiger partial charge is 0.241 e. The minimum Gasteiger partial charge on any atom is -0.341 e. The molecule has 1 saturated heterocycles. The van der Waals surface area contributed by atoms with E-state index in [0.717, 1.165) is 24.0 Å². The van der Waals surface area contributed by atoms with Gasteiger partial charge in [-0.2, -0.15) is 9.98 Å². The Morgan fingerprint density at radius 3 is 2.84 bits per heavy atom. The second-order valence-electron chi connectivity index (χ2n) is 8.50. The summed E-state index contributed by atoms with van der Waals surface area (Å²) >= 11 is 0. The fraction of sp³-hybridized carbons (Fsp3) is 0.435. The fourth-order valence-corrected chi connectivity index (χ4v) is 5.44. The molecule has 3 heterocycles. The first-order valence-electron chi connectivity index (χ1n) is 10.9. The third-order valence-electron chi connectivity index (χ3n) is 6.21. The molecule has 1 fully saturated rings. The second-order valence-corrected chi connectivity index (χ2v) is 10.2. The van der Waals surface area contributed by atoms with Gasteiger partial charge in [0.25, 0.3) is 0 Å². The molecule has 1 unspecified atom stereocenters. The highest BCUT2D eigenvalue weighted by atomic mass is 32.2. The van der Waals surface area contributed by atoms with Crippen molar-refractivity contribution in [2.24, 2.45) is 10.9 Å². The molecule has 1 N–H and O–H groups in total. The number of carbonyl (C=O) groups excluding carboxylic acids is 1. The van der Waals surface area contributed by atoms with Crippen LogP contribution >= 0.6 is 0 Å². The third-order valence-corrected chi connectivity index (χ3v) is 7.68. The highest BCUT2D eigenvalue weighted by Gasteiger charge is 2.31. The van der Waals surface area contributed by atoms with E-state index in [2.05, 4.69) is 22.7 Å². The molecule has 2 aliphatic rings. The fourth-order valence-electron chi connectivity index (χ4n) is 4.17. The highest BCUT2D eigenvalue weighted by Crippen LogP contribution is 2.21. The average molecular weight is 454 g/mol. The number of aliphatic imine (C=N–C) groups is 1. The number of aryl methyl sites for hydroxylation is 1. The number of likely N-dealkylation sites (tertiary alicyclic amines) is 1. The molecule has 2 aromatic rings. The lowest BCUT2D eigenvalue weighted by Crippen LogP contribution is -2.50. The van der Waals surface area contributed by atoms with E-state index < -0.39 is 16.1 Å². The lowest BCUT2D eigenvalue weighted by molar-refractivity contribution is -0.134. The van der Waals surface area contributed by atoms with Gasteiger partial charge in [-0.1, -0.05) is 13.0 Å². The number of sulfonamides is 1. The van der Waals surface area contributed by atoms with Crippen LogP contribution in [0.5, 0.6) is 0 Å². The zero-order chi connectivity index (χ0) is 22.7. The Hall–Kier alpha value is -2.96. The van der Waals surface area contributed by atoms with Crippen LogP contribution in [0.3, 0.4) is 0 Å². The Morgan fingerprint density at radius 2 is 2.09 bits per heavy atom. The van der Waals surface area contributed by atoms with Crippen LogP contribution in [0, 0.1) is 17.2 Å². The zero-order valence-corrected chi connectivity index (χ0v) is 18.9. The van der Waals surface area contributed by atoms with E-state index in [0.29, 0.717) is 37.8 Å². The minimum absolute atomic E-state index is 0.130. The minimum atomic E-state index is -3.91. The van der Waals surface area contributed by atoms with Gasteiger partial charge in [0, 0.05) is 32.0 Å². The van der Waals surface area contributed by atoms with Crippen molar-refractivity contribution in [3.8, 4) is 6.07 Å². The largest absolute Gasteiger partial charge is 0.341 e. The number of fused-ring (bicyclic) bond motifs is 1. The van der Waals surface area contributed by atoms with Gasteiger partial charge in [-0.05, 0) is 60.6 Å². The van der Waals surface area contributed by atoms with E-state index in [1.54, 1.807) is 52.2 Å². The summed E-state index contributed by atoms with van der Waals surface area (Å²) in [6, 6.07) is 9.56. The van der Waals surface area contributed by atoms with Gasteiger partial charge in [0.15, 0.2) is 0 Å². The summed E-state index contributed by atoms with van der Waals surface area (Å²) in [7, 11) is -3.91. The quantitative estimate of drug-likeness (QED) is 0.694. The summed E-state index contributed by atoms with van der Waals surface area (Å²) in [5.74, 6) is 0.344. The van der Waals surface area contributed by atoms with Crippen molar-refractivity contribution in [2.45, 2.75) is 50.2 Å². The molecule has 32 heavy (non-hydrogen) atoms. The number of benzene rings is 1. The molecular formula is C23H27N5O3S. The molecule has 9 heteroatoms. The Labute approximate surface area is 188 Å². The van der Waals surface area contributed by atoms with Crippen LogP contribution in [-0.4, -0.2) is 49.1 Å². The molecule has 1 amide bonds. The maximum atomic E-state index is 13.3. The van der Waals surface area contributed by atoms with Gasteiger partial charge in [-0.3, -0.25) is 9.79 Å². The Bertz CT molecular complexity index is 1170. The van der Waals surface area contributed by atoms with Gasteiger partial charge < -0.3 is 9.47 Å². The first-order chi connectivity index (χ1) is 15.4. The van der Waals surface area contributed by atoms with Crippen molar-refractivity contribution in [1.29, 1.82) is 5.26 Å². The van der Waals surface area contributed by atoms with Crippen LogP contribution < -0.4 is 4.72 Å². The average Bonchev–Trinajstić information content (AvgIpc) is 3.45. The molecule has 1 aromatic heterocycles. The van der Waals surface area contributed by atoms with Crippen LogP contribution in [0.15, 0.2) is 46.4 Å². The summed E-state index contributed by atoms with van der Waals surface area (Å²) in [6.45, 7) is 4.23. The Balaban J connectivity index is 1.55. The first kappa shape index (κ1) is 22.2. The summed E-state index contributed by atoms with van der Waals surface area (Å²) in [6.07, 6.45) is 5.56. The van der Waals surface area contributed by atoms with Gasteiger partial charge in [0.05, 0.1) is 11.4 Å². The molecule has 2 aliphatic heterocycles. The Kier molecular flexibility index (Phi) is 6.44. The lowest BCUT2D eigenvalue weighted by Gasteiger charge is -2.33. The topological polar surface area (TPSA) is 108 Å². The number of nitrogens with zero attached hydrogens (tertiary/aromatic N) is 4. The molecule has 1 aromatic carbocycles. The van der Waals surface area contributed by atoms with Gasteiger partial charge in [0.1, 0.15) is 17.8 Å². The summed E-state index contributed by atoms with van der Waals surface area (Å²) in [5, 5.41) is 9.25. The van der Waals surface area contributed by atoms with Crippen LogP contribution in [0.4, 0.5) is 0 Å². The molecule has 8 nitrogen and oxygen atoms in total. The number of nitriles is 1. The summed E-state index contributed by atoms with van der Waals surface area (Å²) < 4.78 is 30.8.